The molecular weight excluding hydrogens is 523 g/mol. The molecule has 2 N–H and O–H groups in total. The third kappa shape index (κ3) is 7.79. The van der Waals surface area contributed by atoms with E-state index in [0.29, 0.717) is 36.9 Å². The van der Waals surface area contributed by atoms with Gasteiger partial charge in [0.15, 0.2) is 0 Å². The van der Waals surface area contributed by atoms with Crippen molar-refractivity contribution >= 4 is 39.9 Å². The molecule has 13 heteroatoms. The van der Waals surface area contributed by atoms with Gasteiger partial charge in [0.1, 0.15) is 6.61 Å². The number of carboxylic acids is 1. The van der Waals surface area contributed by atoms with Crippen LogP contribution in [-0.2, 0) is 20.5 Å². The van der Waals surface area contributed by atoms with Crippen LogP contribution in [0, 0.1) is 5.92 Å². The molecule has 1 aliphatic heterocycles. The highest BCUT2D eigenvalue weighted by atomic mass is 32.1. The molecule has 1 aromatic carbocycles. The summed E-state index contributed by atoms with van der Waals surface area (Å²) < 4.78 is 47.8. The van der Waals surface area contributed by atoms with Crippen molar-refractivity contribution in [2.75, 3.05) is 43.6 Å². The van der Waals surface area contributed by atoms with Crippen molar-refractivity contribution in [2.24, 2.45) is 5.92 Å². The van der Waals surface area contributed by atoms with Crippen molar-refractivity contribution < 1.29 is 32.6 Å². The Hall–Kier alpha value is -2.93. The van der Waals surface area contributed by atoms with Crippen LogP contribution in [0.15, 0.2) is 18.2 Å². The Kier molecular flexibility index (Phi) is 9.94. The molecule has 1 aliphatic rings. The molecule has 0 spiro atoms. The summed E-state index contributed by atoms with van der Waals surface area (Å²) in [7, 11) is 1.49. The molecule has 0 saturated carbocycles. The van der Waals surface area contributed by atoms with Crippen LogP contribution in [0.1, 0.15) is 57.3 Å². The maximum absolute atomic E-state index is 13.1. The number of hydrogen-bond donors (Lipinski definition) is 2. The first-order valence-corrected chi connectivity index (χ1v) is 13.2. The Morgan fingerprint density at radius 1 is 1.26 bits per heavy atom. The van der Waals surface area contributed by atoms with E-state index in [1.54, 1.807) is 17.9 Å². The summed E-state index contributed by atoms with van der Waals surface area (Å²) in [6, 6.07) is 5.61. The topological polar surface area (TPSA) is 108 Å². The van der Waals surface area contributed by atoms with Crippen molar-refractivity contribution in [1.29, 1.82) is 0 Å². The smallest absolute Gasteiger partial charge is 0.452 e. The quantitative estimate of drug-likeness (QED) is 0.399. The van der Waals surface area contributed by atoms with Crippen LogP contribution in [0.3, 0.4) is 0 Å². The molecule has 0 radical (unpaired) electrons. The number of carboxylic acid groups (broad SMARTS) is 1. The van der Waals surface area contributed by atoms with E-state index in [1.165, 1.54) is 7.11 Å². The minimum atomic E-state index is -4.66. The molecular formula is C25H34F3N5O4S. The largest absolute Gasteiger partial charge is 0.481 e. The number of alkyl halides is 3. The van der Waals surface area contributed by atoms with Gasteiger partial charge in [-0.1, -0.05) is 26.8 Å². The molecule has 9 nitrogen and oxygen atoms in total. The van der Waals surface area contributed by atoms with Crippen LogP contribution >= 0.6 is 11.5 Å². The summed E-state index contributed by atoms with van der Waals surface area (Å²) in [5.41, 5.74) is 2.04. The Morgan fingerprint density at radius 3 is 2.50 bits per heavy atom. The number of carbonyl (C=O) groups is 2. The lowest BCUT2D eigenvalue weighted by Gasteiger charge is -2.41. The van der Waals surface area contributed by atoms with Gasteiger partial charge in [-0.15, -0.1) is 0 Å². The summed E-state index contributed by atoms with van der Waals surface area (Å²) in [5.74, 6) is -2.24. The number of nitrogens with zero attached hydrogens (tertiary/aromatic N) is 4. The van der Waals surface area contributed by atoms with E-state index in [0.717, 1.165) is 24.1 Å². The first-order valence-electron chi connectivity index (χ1n) is 12.5. The number of carbonyl (C=O) groups excluding carboxylic acids is 1. The monoisotopic (exact) mass is 557 g/mol. The van der Waals surface area contributed by atoms with Crippen LogP contribution in [-0.4, -0.2) is 70.6 Å². The van der Waals surface area contributed by atoms with E-state index >= 15 is 0 Å². The maximum Gasteiger partial charge on any atom is 0.452 e. The van der Waals surface area contributed by atoms with E-state index in [-0.39, 0.29) is 41.9 Å². The minimum absolute atomic E-state index is 0.00825. The van der Waals surface area contributed by atoms with Gasteiger partial charge in [-0.3, -0.25) is 9.59 Å². The molecule has 2 heterocycles. The number of anilines is 3. The molecule has 2 aromatic rings. The third-order valence-corrected chi connectivity index (χ3v) is 7.02. The summed E-state index contributed by atoms with van der Waals surface area (Å²) in [4.78, 5) is 31.2. The zero-order valence-electron chi connectivity index (χ0n) is 21.9. The number of nitrogens with one attached hydrogen (secondary N) is 1. The number of ether oxygens (including phenoxy) is 1. The van der Waals surface area contributed by atoms with Gasteiger partial charge in [-0.25, -0.2) is 0 Å². The van der Waals surface area contributed by atoms with Gasteiger partial charge in [0.05, 0.1) is 17.8 Å². The summed E-state index contributed by atoms with van der Waals surface area (Å²) in [6.45, 7) is 7.82. The number of aromatic nitrogens is 2. The molecule has 1 atom stereocenters. The molecule has 1 saturated heterocycles. The summed E-state index contributed by atoms with van der Waals surface area (Å²) in [6.07, 6.45) is -3.31. The first kappa shape index (κ1) is 29.6. The number of likely N-dealkylation sites (tertiary alicyclic amines) is 1. The number of methoxy groups -OCH3 is 1. The number of aliphatic carboxylic acids is 1. The first-order chi connectivity index (χ1) is 17.9. The average Bonchev–Trinajstić information content (AvgIpc) is 3.32. The van der Waals surface area contributed by atoms with Crippen molar-refractivity contribution in [1.82, 2.24) is 14.3 Å². The predicted molar refractivity (Wildman–Crippen MR) is 139 cm³/mol. The maximum atomic E-state index is 13.1. The molecule has 210 valence electrons. The molecule has 3 rings (SSSR count). The van der Waals surface area contributed by atoms with E-state index in [1.807, 2.05) is 12.1 Å². The number of rotatable bonds is 11. The number of piperidine rings is 1. The number of amides is 1. The molecule has 1 aromatic heterocycles. The lowest BCUT2D eigenvalue weighted by molar-refractivity contribution is -0.144. The van der Waals surface area contributed by atoms with Crippen molar-refractivity contribution in [3.8, 4) is 0 Å². The van der Waals surface area contributed by atoms with Gasteiger partial charge in [-0.2, -0.15) is 22.5 Å². The standard InChI is InChI=1S/C25H34F3N5O4S/c1-15(2)13-33(18-7-9-32(10-8-18)21(34)14-37-4)20-6-5-17(16(3)11-22(35)36)12-19(20)29-24-30-23(31-38-24)25(26,27)28/h5-6,12,15-16,18H,7-11,13-14H2,1-4H3,(H,35,36)(H,29,30,31). The molecule has 1 amide bonds. The zero-order chi connectivity index (χ0) is 28.0. The zero-order valence-corrected chi connectivity index (χ0v) is 22.7. The van der Waals surface area contributed by atoms with Crippen LogP contribution in [0.4, 0.5) is 29.7 Å². The van der Waals surface area contributed by atoms with Crippen LogP contribution < -0.4 is 10.2 Å². The van der Waals surface area contributed by atoms with Gasteiger partial charge < -0.3 is 25.0 Å². The number of halogens is 3. The fourth-order valence-corrected chi connectivity index (χ4v) is 5.17. The summed E-state index contributed by atoms with van der Waals surface area (Å²) in [5, 5.41) is 12.3. The Balaban J connectivity index is 1.96. The van der Waals surface area contributed by atoms with Crippen molar-refractivity contribution in [3.05, 3.63) is 29.6 Å². The number of benzene rings is 1. The molecule has 1 unspecified atom stereocenters. The third-order valence-electron chi connectivity index (χ3n) is 6.39. The van der Waals surface area contributed by atoms with Crippen molar-refractivity contribution in [2.45, 2.75) is 58.2 Å². The van der Waals surface area contributed by atoms with Gasteiger partial charge in [-0.05, 0) is 42.4 Å². The molecule has 0 bridgehead atoms. The molecule has 1 fully saturated rings. The van der Waals surface area contributed by atoms with E-state index in [9.17, 15) is 27.9 Å². The highest BCUT2D eigenvalue weighted by Crippen LogP contribution is 2.37. The highest BCUT2D eigenvalue weighted by Gasteiger charge is 2.36. The van der Waals surface area contributed by atoms with E-state index in [2.05, 4.69) is 33.4 Å². The van der Waals surface area contributed by atoms with Crippen LogP contribution in [0.2, 0.25) is 0 Å². The summed E-state index contributed by atoms with van der Waals surface area (Å²) >= 11 is 0.613. The van der Waals surface area contributed by atoms with E-state index < -0.39 is 18.0 Å². The fraction of sp³-hybridized carbons (Fsp3) is 0.600. The average molecular weight is 558 g/mol. The van der Waals surface area contributed by atoms with E-state index in [4.69, 9.17) is 4.74 Å². The highest BCUT2D eigenvalue weighted by molar-refractivity contribution is 7.09. The van der Waals surface area contributed by atoms with Gasteiger partial charge in [0, 0.05) is 44.3 Å². The van der Waals surface area contributed by atoms with Crippen molar-refractivity contribution in [3.63, 3.8) is 0 Å². The lowest BCUT2D eigenvalue weighted by Crippen LogP contribution is -2.48. The fourth-order valence-electron chi connectivity index (χ4n) is 4.57. The Bertz CT molecular complexity index is 1100. The SMILES string of the molecule is COCC(=O)N1CCC(N(CC(C)C)c2ccc(C(C)CC(=O)O)cc2Nc2nc(C(F)(F)F)ns2)CC1. The second kappa shape index (κ2) is 12.7. The number of hydrogen-bond acceptors (Lipinski definition) is 8. The second-order valence-electron chi connectivity index (χ2n) is 9.91. The Labute approximate surface area is 224 Å². The molecule has 0 aliphatic carbocycles. The van der Waals surface area contributed by atoms with Gasteiger partial charge in [0.2, 0.25) is 16.9 Å². The normalized spacial score (nSPS) is 15.5. The van der Waals surface area contributed by atoms with Gasteiger partial charge >= 0.3 is 12.1 Å². The van der Waals surface area contributed by atoms with Crippen LogP contribution in [0.5, 0.6) is 0 Å². The molecule has 38 heavy (non-hydrogen) atoms. The van der Waals surface area contributed by atoms with Crippen LogP contribution in [0.25, 0.3) is 0 Å². The lowest BCUT2D eigenvalue weighted by atomic mass is 9.95. The predicted octanol–water partition coefficient (Wildman–Crippen LogP) is 4.98. The Morgan fingerprint density at radius 2 is 1.95 bits per heavy atom. The second-order valence-corrected chi connectivity index (χ2v) is 10.7. The minimum Gasteiger partial charge on any atom is -0.481 e. The van der Waals surface area contributed by atoms with Gasteiger partial charge in [0.25, 0.3) is 0 Å².